The summed E-state index contributed by atoms with van der Waals surface area (Å²) in [5, 5.41) is 8.76. The molecule has 5 rings (SSSR count). The molecule has 0 aliphatic heterocycles. The third kappa shape index (κ3) is 3.74. The van der Waals surface area contributed by atoms with E-state index in [1.54, 1.807) is 17.7 Å². The van der Waals surface area contributed by atoms with Crippen molar-refractivity contribution in [2.24, 2.45) is 0 Å². The van der Waals surface area contributed by atoms with Gasteiger partial charge in [0.2, 0.25) is 5.95 Å². The minimum Gasteiger partial charge on any atom is -0.368 e. The van der Waals surface area contributed by atoms with Crippen LogP contribution in [-0.2, 0) is 6.42 Å². The Morgan fingerprint density at radius 1 is 1.03 bits per heavy atom. The van der Waals surface area contributed by atoms with Gasteiger partial charge in [-0.2, -0.15) is 0 Å². The van der Waals surface area contributed by atoms with Gasteiger partial charge in [0.1, 0.15) is 17.7 Å². The van der Waals surface area contributed by atoms with Crippen molar-refractivity contribution in [1.29, 1.82) is 0 Å². The zero-order chi connectivity index (χ0) is 19.6. The number of rotatable bonds is 6. The molecule has 0 fully saturated rings. The predicted octanol–water partition coefficient (Wildman–Crippen LogP) is 4.67. The fraction of sp³-hybridized carbons (Fsp3) is 0.143. The molecule has 3 N–H and O–H groups in total. The number of thiophene rings is 1. The molecular weight excluding hydrogens is 382 g/mol. The standard InChI is InChI=1S/C21H19N7S/c1-13-10-17-19(23-11-13)28-21(27-17)26-15-4-2-14(3-5-15)6-8-22-20-18-16(7-9-29-18)24-12-25-20/h2-5,7,9-12H,6,8H2,1H3,(H,22,24,25)(H2,23,26,27,28). The van der Waals surface area contributed by atoms with E-state index in [1.807, 2.05) is 30.6 Å². The molecule has 8 heteroatoms. The van der Waals surface area contributed by atoms with Gasteiger partial charge in [-0.3, -0.25) is 0 Å². The van der Waals surface area contributed by atoms with Crippen LogP contribution in [0.25, 0.3) is 21.4 Å². The molecular formula is C21H19N7S. The van der Waals surface area contributed by atoms with Crippen LogP contribution in [0, 0.1) is 6.92 Å². The Hall–Kier alpha value is -3.52. The van der Waals surface area contributed by atoms with Crippen molar-refractivity contribution in [1.82, 2.24) is 24.9 Å². The summed E-state index contributed by atoms with van der Waals surface area (Å²) >= 11 is 1.66. The number of aryl methyl sites for hydroxylation is 1. The van der Waals surface area contributed by atoms with Crippen molar-refractivity contribution in [2.45, 2.75) is 13.3 Å². The summed E-state index contributed by atoms with van der Waals surface area (Å²) in [6, 6.07) is 12.4. The van der Waals surface area contributed by atoms with Gasteiger partial charge < -0.3 is 15.6 Å². The first-order chi connectivity index (χ1) is 14.2. The molecule has 144 valence electrons. The molecule has 4 aromatic heterocycles. The molecule has 0 saturated heterocycles. The van der Waals surface area contributed by atoms with Gasteiger partial charge in [-0.05, 0) is 54.1 Å². The lowest BCUT2D eigenvalue weighted by atomic mass is 10.1. The summed E-state index contributed by atoms with van der Waals surface area (Å²) in [5.41, 5.74) is 5.95. The van der Waals surface area contributed by atoms with E-state index in [1.165, 1.54) is 5.56 Å². The average molecular weight is 401 g/mol. The number of H-pyrrole nitrogens is 1. The number of benzene rings is 1. The molecule has 1 aromatic carbocycles. The van der Waals surface area contributed by atoms with Gasteiger partial charge in [0.25, 0.3) is 0 Å². The van der Waals surface area contributed by atoms with E-state index < -0.39 is 0 Å². The normalized spacial score (nSPS) is 11.2. The molecule has 0 unspecified atom stereocenters. The van der Waals surface area contributed by atoms with E-state index >= 15 is 0 Å². The van der Waals surface area contributed by atoms with Crippen molar-refractivity contribution in [2.75, 3.05) is 17.2 Å². The molecule has 4 heterocycles. The molecule has 7 nitrogen and oxygen atoms in total. The van der Waals surface area contributed by atoms with Gasteiger partial charge in [-0.15, -0.1) is 11.3 Å². The third-order valence-corrected chi connectivity index (χ3v) is 5.55. The average Bonchev–Trinajstić information content (AvgIpc) is 3.36. The Kier molecular flexibility index (Phi) is 4.53. The molecule has 29 heavy (non-hydrogen) atoms. The number of hydrogen-bond acceptors (Lipinski definition) is 7. The number of aromatic nitrogens is 5. The Labute approximate surface area is 171 Å². The van der Waals surface area contributed by atoms with Gasteiger partial charge in [0.05, 0.1) is 10.2 Å². The molecule has 0 bridgehead atoms. The van der Waals surface area contributed by atoms with Crippen LogP contribution in [0.1, 0.15) is 11.1 Å². The van der Waals surface area contributed by atoms with Gasteiger partial charge in [0, 0.05) is 18.4 Å². The van der Waals surface area contributed by atoms with Crippen LogP contribution in [0.5, 0.6) is 0 Å². The van der Waals surface area contributed by atoms with Crippen LogP contribution in [0.2, 0.25) is 0 Å². The zero-order valence-corrected chi connectivity index (χ0v) is 16.6. The second-order valence-electron chi connectivity index (χ2n) is 6.82. The SMILES string of the molecule is Cc1cnc2[nH]c(Nc3ccc(CCNc4ncnc5ccsc45)cc3)nc2c1. The first kappa shape index (κ1) is 17.6. The molecule has 0 radical (unpaired) electrons. The van der Waals surface area contributed by atoms with Crippen LogP contribution in [0.3, 0.4) is 0 Å². The summed E-state index contributed by atoms with van der Waals surface area (Å²) in [6.45, 7) is 2.82. The Balaban J connectivity index is 1.21. The molecule has 0 amide bonds. The first-order valence-corrected chi connectivity index (χ1v) is 10.2. The lowest BCUT2D eigenvalue weighted by Crippen LogP contribution is -2.06. The first-order valence-electron chi connectivity index (χ1n) is 9.35. The zero-order valence-electron chi connectivity index (χ0n) is 15.8. The quantitative estimate of drug-likeness (QED) is 0.383. The minimum atomic E-state index is 0.691. The van der Waals surface area contributed by atoms with Crippen LogP contribution in [0.15, 0.2) is 54.3 Å². The number of nitrogens with zero attached hydrogens (tertiary/aromatic N) is 4. The Bertz CT molecular complexity index is 1270. The van der Waals surface area contributed by atoms with E-state index in [2.05, 4.69) is 59.8 Å². The van der Waals surface area contributed by atoms with Crippen molar-refractivity contribution < 1.29 is 0 Å². The maximum atomic E-state index is 4.54. The topological polar surface area (TPSA) is 91.4 Å². The molecule has 0 spiro atoms. The minimum absolute atomic E-state index is 0.691. The summed E-state index contributed by atoms with van der Waals surface area (Å²) < 4.78 is 1.10. The number of hydrogen-bond donors (Lipinski definition) is 3. The molecule has 0 aliphatic rings. The highest BCUT2D eigenvalue weighted by molar-refractivity contribution is 7.17. The molecule has 0 saturated carbocycles. The van der Waals surface area contributed by atoms with Crippen LogP contribution in [0.4, 0.5) is 17.5 Å². The van der Waals surface area contributed by atoms with Crippen LogP contribution < -0.4 is 10.6 Å². The largest absolute Gasteiger partial charge is 0.368 e. The lowest BCUT2D eigenvalue weighted by Gasteiger charge is -2.07. The molecule has 0 atom stereocenters. The van der Waals surface area contributed by atoms with Crippen molar-refractivity contribution in [3.05, 3.63) is 65.4 Å². The second kappa shape index (κ2) is 7.48. The highest BCUT2D eigenvalue weighted by Crippen LogP contribution is 2.24. The number of nitrogens with one attached hydrogen (secondary N) is 3. The smallest absolute Gasteiger partial charge is 0.206 e. The van der Waals surface area contributed by atoms with Gasteiger partial charge in [-0.1, -0.05) is 12.1 Å². The second-order valence-corrected chi connectivity index (χ2v) is 7.74. The number of imidazole rings is 1. The monoisotopic (exact) mass is 401 g/mol. The van der Waals surface area contributed by atoms with Crippen LogP contribution >= 0.6 is 11.3 Å². The summed E-state index contributed by atoms with van der Waals surface area (Å²) in [5.74, 6) is 1.59. The van der Waals surface area contributed by atoms with E-state index in [4.69, 9.17) is 0 Å². The van der Waals surface area contributed by atoms with Gasteiger partial charge in [0.15, 0.2) is 5.65 Å². The third-order valence-electron chi connectivity index (χ3n) is 4.64. The van der Waals surface area contributed by atoms with E-state index in [0.29, 0.717) is 5.95 Å². The van der Waals surface area contributed by atoms with Gasteiger partial charge in [-0.25, -0.2) is 19.9 Å². The number of anilines is 3. The van der Waals surface area contributed by atoms with Crippen LogP contribution in [-0.4, -0.2) is 31.5 Å². The highest BCUT2D eigenvalue weighted by Gasteiger charge is 2.06. The fourth-order valence-electron chi connectivity index (χ4n) is 3.19. The van der Waals surface area contributed by atoms with E-state index in [9.17, 15) is 0 Å². The number of pyridine rings is 1. The lowest BCUT2D eigenvalue weighted by molar-refractivity contribution is 1.01. The number of aromatic amines is 1. The van der Waals surface area contributed by atoms with Crippen molar-refractivity contribution >= 4 is 50.2 Å². The van der Waals surface area contributed by atoms with Gasteiger partial charge >= 0.3 is 0 Å². The summed E-state index contributed by atoms with van der Waals surface area (Å²) in [4.78, 5) is 20.7. The fourth-order valence-corrected chi connectivity index (χ4v) is 4.00. The summed E-state index contributed by atoms with van der Waals surface area (Å²) in [6.07, 6.45) is 4.34. The molecule has 0 aliphatic carbocycles. The Morgan fingerprint density at radius 3 is 2.83 bits per heavy atom. The van der Waals surface area contributed by atoms with E-state index in [-0.39, 0.29) is 0 Å². The van der Waals surface area contributed by atoms with E-state index in [0.717, 1.165) is 51.4 Å². The summed E-state index contributed by atoms with van der Waals surface area (Å²) in [7, 11) is 0. The van der Waals surface area contributed by atoms with Crippen molar-refractivity contribution in [3.8, 4) is 0 Å². The highest BCUT2D eigenvalue weighted by atomic mass is 32.1. The Morgan fingerprint density at radius 2 is 1.93 bits per heavy atom. The maximum absolute atomic E-state index is 4.54. The number of fused-ring (bicyclic) bond motifs is 2. The molecule has 5 aromatic rings. The van der Waals surface area contributed by atoms with Crippen molar-refractivity contribution in [3.63, 3.8) is 0 Å². The maximum Gasteiger partial charge on any atom is 0.206 e. The predicted molar refractivity (Wildman–Crippen MR) is 118 cm³/mol.